The monoisotopic (exact) mass is 253 g/mol. The predicted molar refractivity (Wildman–Crippen MR) is 73.4 cm³/mol. The molecule has 1 fully saturated rings. The van der Waals surface area contributed by atoms with Crippen LogP contribution in [0.2, 0.25) is 0 Å². The number of morpholine rings is 1. The average molecular weight is 253 g/mol. The summed E-state index contributed by atoms with van der Waals surface area (Å²) in [5.74, 6) is 0. The number of rotatable bonds is 6. The van der Waals surface area contributed by atoms with E-state index < -0.39 is 0 Å². The predicted octanol–water partition coefficient (Wildman–Crippen LogP) is 1.77. The summed E-state index contributed by atoms with van der Waals surface area (Å²) >= 11 is 0. The highest BCUT2D eigenvalue weighted by Crippen LogP contribution is 2.21. The molecule has 1 atom stereocenters. The van der Waals surface area contributed by atoms with Crippen molar-refractivity contribution in [3.05, 3.63) is 0 Å². The highest BCUT2D eigenvalue weighted by Gasteiger charge is 2.31. The molecule has 0 aliphatic carbocycles. The molecule has 0 amide bonds. The summed E-state index contributed by atoms with van der Waals surface area (Å²) in [7, 11) is 1.88. The van der Waals surface area contributed by atoms with Crippen LogP contribution in [0.25, 0.3) is 0 Å². The van der Waals surface area contributed by atoms with Gasteiger partial charge in [-0.15, -0.1) is 0 Å². The standard InChI is InChI=1S/C14H27N3O/c1-5-14(11-15,16-4)7-6-8-17-9-10-18-12-13(17,2)3/h16H,5-10,12H2,1-4H3. The molecular weight excluding hydrogens is 226 g/mol. The third-order valence-electron chi connectivity index (χ3n) is 4.14. The third-order valence-corrected chi connectivity index (χ3v) is 4.14. The van der Waals surface area contributed by atoms with Crippen molar-refractivity contribution in [2.24, 2.45) is 0 Å². The zero-order chi connectivity index (χ0) is 13.6. The minimum absolute atomic E-state index is 0.124. The molecule has 104 valence electrons. The van der Waals surface area contributed by atoms with Crippen LogP contribution in [0.3, 0.4) is 0 Å². The van der Waals surface area contributed by atoms with Crippen molar-refractivity contribution in [2.45, 2.75) is 51.1 Å². The Hall–Kier alpha value is -0.630. The zero-order valence-corrected chi connectivity index (χ0v) is 12.3. The summed E-state index contributed by atoms with van der Waals surface area (Å²) in [6.07, 6.45) is 2.81. The molecule has 0 saturated carbocycles. The van der Waals surface area contributed by atoms with Gasteiger partial charge in [0.2, 0.25) is 0 Å². The van der Waals surface area contributed by atoms with E-state index in [0.717, 1.165) is 45.6 Å². The molecule has 1 saturated heterocycles. The van der Waals surface area contributed by atoms with Crippen LogP contribution in [0.4, 0.5) is 0 Å². The summed E-state index contributed by atoms with van der Waals surface area (Å²) in [5, 5.41) is 12.4. The number of ether oxygens (including phenoxy) is 1. The molecule has 0 spiro atoms. The van der Waals surface area contributed by atoms with Crippen molar-refractivity contribution in [1.29, 1.82) is 5.26 Å². The van der Waals surface area contributed by atoms with Crippen molar-refractivity contribution >= 4 is 0 Å². The first-order valence-corrected chi connectivity index (χ1v) is 6.92. The maximum Gasteiger partial charge on any atom is 0.106 e. The first-order chi connectivity index (χ1) is 8.49. The van der Waals surface area contributed by atoms with Gasteiger partial charge < -0.3 is 10.1 Å². The number of hydrogen-bond donors (Lipinski definition) is 1. The molecule has 1 rings (SSSR count). The Labute approximate surface area is 111 Å². The Morgan fingerprint density at radius 3 is 2.72 bits per heavy atom. The number of nitrogens with one attached hydrogen (secondary N) is 1. The van der Waals surface area contributed by atoms with Gasteiger partial charge in [0.05, 0.1) is 19.3 Å². The fourth-order valence-electron chi connectivity index (χ4n) is 2.55. The minimum Gasteiger partial charge on any atom is -0.378 e. The van der Waals surface area contributed by atoms with E-state index in [9.17, 15) is 5.26 Å². The Morgan fingerprint density at radius 2 is 2.22 bits per heavy atom. The maximum absolute atomic E-state index is 9.27. The molecule has 4 heteroatoms. The lowest BCUT2D eigenvalue weighted by molar-refractivity contribution is -0.0517. The number of nitrogens with zero attached hydrogens (tertiary/aromatic N) is 2. The molecule has 0 aromatic rings. The van der Waals surface area contributed by atoms with E-state index in [2.05, 4.69) is 37.1 Å². The molecule has 18 heavy (non-hydrogen) atoms. The molecule has 0 aromatic heterocycles. The fourth-order valence-corrected chi connectivity index (χ4v) is 2.55. The Kier molecular flexibility index (Phi) is 5.58. The second kappa shape index (κ2) is 6.51. The SMILES string of the molecule is CCC(C#N)(CCCN1CCOCC1(C)C)NC. The van der Waals surface area contributed by atoms with Gasteiger partial charge in [-0.25, -0.2) is 0 Å². The van der Waals surface area contributed by atoms with Gasteiger partial charge >= 0.3 is 0 Å². The van der Waals surface area contributed by atoms with E-state index in [1.165, 1.54) is 0 Å². The van der Waals surface area contributed by atoms with Crippen molar-refractivity contribution < 1.29 is 4.74 Å². The largest absolute Gasteiger partial charge is 0.378 e. The van der Waals surface area contributed by atoms with Crippen LogP contribution in [0.5, 0.6) is 0 Å². The Bertz CT molecular complexity index is 292. The maximum atomic E-state index is 9.27. The van der Waals surface area contributed by atoms with E-state index in [-0.39, 0.29) is 11.1 Å². The Balaban J connectivity index is 2.43. The van der Waals surface area contributed by atoms with Crippen LogP contribution in [0.15, 0.2) is 0 Å². The van der Waals surface area contributed by atoms with Crippen LogP contribution in [0, 0.1) is 11.3 Å². The molecule has 0 radical (unpaired) electrons. The van der Waals surface area contributed by atoms with Crippen LogP contribution >= 0.6 is 0 Å². The van der Waals surface area contributed by atoms with Gasteiger partial charge in [-0.1, -0.05) is 6.92 Å². The van der Waals surface area contributed by atoms with Crippen LogP contribution in [0.1, 0.15) is 40.0 Å². The van der Waals surface area contributed by atoms with E-state index in [0.29, 0.717) is 0 Å². The highest BCUT2D eigenvalue weighted by atomic mass is 16.5. The number of hydrogen-bond acceptors (Lipinski definition) is 4. The topological polar surface area (TPSA) is 48.3 Å². The van der Waals surface area contributed by atoms with E-state index in [1.54, 1.807) is 0 Å². The molecule has 1 aliphatic rings. The first-order valence-electron chi connectivity index (χ1n) is 6.92. The second-order valence-electron chi connectivity index (χ2n) is 5.75. The molecule has 1 N–H and O–H groups in total. The third kappa shape index (κ3) is 3.68. The van der Waals surface area contributed by atoms with E-state index in [1.807, 2.05) is 7.05 Å². The number of nitriles is 1. The molecule has 0 aromatic carbocycles. The van der Waals surface area contributed by atoms with Crippen molar-refractivity contribution in [3.63, 3.8) is 0 Å². The van der Waals surface area contributed by atoms with Gasteiger partial charge in [0.1, 0.15) is 5.54 Å². The van der Waals surface area contributed by atoms with E-state index in [4.69, 9.17) is 4.74 Å². The summed E-state index contributed by atoms with van der Waals surface area (Å²) in [6, 6.07) is 2.42. The smallest absolute Gasteiger partial charge is 0.106 e. The van der Waals surface area contributed by atoms with Gasteiger partial charge in [0, 0.05) is 12.1 Å². The first kappa shape index (κ1) is 15.4. The van der Waals surface area contributed by atoms with Crippen molar-refractivity contribution in [3.8, 4) is 6.07 Å². The molecular formula is C14H27N3O. The molecule has 1 heterocycles. The summed E-state index contributed by atoms with van der Waals surface area (Å²) in [6.45, 7) is 10.2. The van der Waals surface area contributed by atoms with Crippen LogP contribution < -0.4 is 5.32 Å². The van der Waals surface area contributed by atoms with E-state index >= 15 is 0 Å². The minimum atomic E-state index is -0.351. The van der Waals surface area contributed by atoms with Gasteiger partial charge in [-0.3, -0.25) is 4.90 Å². The lowest BCUT2D eigenvalue weighted by Gasteiger charge is -2.42. The average Bonchev–Trinajstić information content (AvgIpc) is 2.37. The zero-order valence-electron chi connectivity index (χ0n) is 12.3. The van der Waals surface area contributed by atoms with Gasteiger partial charge in [0.15, 0.2) is 0 Å². The summed E-state index contributed by atoms with van der Waals surface area (Å²) in [5.41, 5.74) is -0.226. The van der Waals surface area contributed by atoms with Crippen molar-refractivity contribution in [2.75, 3.05) is 33.4 Å². The molecule has 1 unspecified atom stereocenters. The molecule has 4 nitrogen and oxygen atoms in total. The fraction of sp³-hybridized carbons (Fsp3) is 0.929. The Morgan fingerprint density at radius 1 is 1.50 bits per heavy atom. The molecule has 0 bridgehead atoms. The highest BCUT2D eigenvalue weighted by molar-refractivity contribution is 5.05. The summed E-state index contributed by atoms with van der Waals surface area (Å²) in [4.78, 5) is 2.48. The second-order valence-corrected chi connectivity index (χ2v) is 5.75. The lowest BCUT2D eigenvalue weighted by Crippen LogP contribution is -2.53. The van der Waals surface area contributed by atoms with Gasteiger partial charge in [-0.2, -0.15) is 5.26 Å². The van der Waals surface area contributed by atoms with Crippen molar-refractivity contribution in [1.82, 2.24) is 10.2 Å². The van der Waals surface area contributed by atoms with Crippen LogP contribution in [-0.4, -0.2) is 49.3 Å². The quantitative estimate of drug-likeness (QED) is 0.784. The van der Waals surface area contributed by atoms with Gasteiger partial charge in [0.25, 0.3) is 0 Å². The summed E-state index contributed by atoms with van der Waals surface area (Å²) < 4.78 is 5.52. The van der Waals surface area contributed by atoms with Gasteiger partial charge in [-0.05, 0) is 46.7 Å². The normalized spacial score (nSPS) is 23.3. The molecule has 1 aliphatic heterocycles. The lowest BCUT2D eigenvalue weighted by atomic mass is 9.91. The van der Waals surface area contributed by atoms with Crippen LogP contribution in [-0.2, 0) is 4.74 Å².